The van der Waals surface area contributed by atoms with Crippen molar-refractivity contribution in [2.75, 3.05) is 33.4 Å². The molecule has 1 atom stereocenters. The Morgan fingerprint density at radius 2 is 1.82 bits per heavy atom. The minimum absolute atomic E-state index is 0.00207. The van der Waals surface area contributed by atoms with Gasteiger partial charge in [0, 0.05) is 30.3 Å². The first-order valence-corrected chi connectivity index (χ1v) is 12.9. The van der Waals surface area contributed by atoms with Crippen LogP contribution in [-0.2, 0) is 4.79 Å². The number of ether oxygens (including phenoxy) is 2. The van der Waals surface area contributed by atoms with Crippen LogP contribution in [0.1, 0.15) is 49.3 Å². The molecule has 3 aromatic rings. The number of aliphatic hydroxyl groups excluding tert-OH is 1. The Hall–Kier alpha value is -3.37. The van der Waals surface area contributed by atoms with Crippen molar-refractivity contribution < 1.29 is 37.7 Å². The van der Waals surface area contributed by atoms with Crippen molar-refractivity contribution in [3.8, 4) is 11.5 Å². The number of methoxy groups -OCH3 is 1. The molecular formula is C29H33F3N2O5. The van der Waals surface area contributed by atoms with E-state index in [1.54, 1.807) is 13.3 Å². The van der Waals surface area contributed by atoms with Crippen molar-refractivity contribution >= 4 is 16.9 Å². The summed E-state index contributed by atoms with van der Waals surface area (Å²) < 4.78 is 50.7. The van der Waals surface area contributed by atoms with Gasteiger partial charge >= 0.3 is 5.97 Å². The van der Waals surface area contributed by atoms with Crippen LogP contribution in [0.5, 0.6) is 11.5 Å². The third-order valence-electron chi connectivity index (χ3n) is 7.67. The number of pyridine rings is 1. The van der Waals surface area contributed by atoms with Crippen LogP contribution in [0.4, 0.5) is 13.2 Å². The highest BCUT2D eigenvalue weighted by Crippen LogP contribution is 2.42. The molecule has 0 bridgehead atoms. The molecule has 2 N–H and O–H groups in total. The van der Waals surface area contributed by atoms with Crippen LogP contribution in [0.2, 0.25) is 0 Å². The molecule has 7 nitrogen and oxygen atoms in total. The van der Waals surface area contributed by atoms with Crippen molar-refractivity contribution in [1.82, 2.24) is 9.88 Å². The number of hydrogen-bond acceptors (Lipinski definition) is 6. The summed E-state index contributed by atoms with van der Waals surface area (Å²) in [5.74, 6) is -4.46. The molecule has 0 saturated carbocycles. The SMILES string of the molecule is COc1ccc2ncc(C)c([C@H](O)CCC3(CC(=O)O)CCN(CCOc4cc(F)c(F)c(F)c4)CC3)c2c1. The van der Waals surface area contributed by atoms with Gasteiger partial charge in [-0.1, -0.05) is 0 Å². The van der Waals surface area contributed by atoms with Crippen LogP contribution in [0, 0.1) is 29.8 Å². The number of carboxylic acids is 1. The lowest BCUT2D eigenvalue weighted by molar-refractivity contribution is -0.141. The number of aliphatic carboxylic acids is 1. The predicted octanol–water partition coefficient (Wildman–Crippen LogP) is 5.42. The average molecular weight is 547 g/mol. The summed E-state index contributed by atoms with van der Waals surface area (Å²) >= 11 is 0. The Kier molecular flexibility index (Phi) is 8.97. The Balaban J connectivity index is 1.38. The summed E-state index contributed by atoms with van der Waals surface area (Å²) in [6, 6.07) is 7.13. The van der Waals surface area contributed by atoms with Gasteiger partial charge in [-0.05, 0) is 80.4 Å². The number of fused-ring (bicyclic) bond motifs is 1. The van der Waals surface area contributed by atoms with Gasteiger partial charge in [-0.25, -0.2) is 13.2 Å². The van der Waals surface area contributed by atoms with E-state index in [1.165, 1.54) is 0 Å². The van der Waals surface area contributed by atoms with Crippen LogP contribution in [0.3, 0.4) is 0 Å². The highest BCUT2D eigenvalue weighted by molar-refractivity contribution is 5.84. The number of carbonyl (C=O) groups is 1. The molecule has 4 rings (SSSR count). The van der Waals surface area contributed by atoms with Crippen molar-refractivity contribution in [1.29, 1.82) is 0 Å². The first-order chi connectivity index (χ1) is 18.6. The van der Waals surface area contributed by atoms with Crippen LogP contribution in [-0.4, -0.2) is 59.4 Å². The molecule has 1 aromatic heterocycles. The summed E-state index contributed by atoms with van der Waals surface area (Å²) in [4.78, 5) is 18.3. The Morgan fingerprint density at radius 1 is 1.13 bits per heavy atom. The summed E-state index contributed by atoms with van der Waals surface area (Å²) in [5, 5.41) is 21.7. The van der Waals surface area contributed by atoms with Crippen LogP contribution >= 0.6 is 0 Å². The molecule has 39 heavy (non-hydrogen) atoms. The molecule has 1 aliphatic rings. The Morgan fingerprint density at radius 3 is 2.46 bits per heavy atom. The van der Waals surface area contributed by atoms with Crippen molar-refractivity contribution in [3.63, 3.8) is 0 Å². The first-order valence-electron chi connectivity index (χ1n) is 12.9. The van der Waals surface area contributed by atoms with Gasteiger partial charge in [-0.2, -0.15) is 0 Å². The number of aliphatic hydroxyl groups is 1. The third kappa shape index (κ3) is 6.80. The third-order valence-corrected chi connectivity index (χ3v) is 7.67. The van der Waals surface area contributed by atoms with E-state index in [0.717, 1.165) is 34.2 Å². The van der Waals surface area contributed by atoms with Gasteiger partial charge in [0.05, 0.1) is 25.2 Å². The summed E-state index contributed by atoms with van der Waals surface area (Å²) in [6.07, 6.45) is 3.11. The molecule has 0 unspecified atom stereocenters. The monoisotopic (exact) mass is 546 g/mol. The number of halogens is 3. The van der Waals surface area contributed by atoms with Crippen LogP contribution in [0.25, 0.3) is 10.9 Å². The quantitative estimate of drug-likeness (QED) is 0.311. The number of aryl methyl sites for hydroxylation is 1. The van der Waals surface area contributed by atoms with E-state index in [4.69, 9.17) is 9.47 Å². The van der Waals surface area contributed by atoms with E-state index in [2.05, 4.69) is 9.88 Å². The second kappa shape index (κ2) is 12.2. The van der Waals surface area contributed by atoms with E-state index in [1.807, 2.05) is 25.1 Å². The second-order valence-corrected chi connectivity index (χ2v) is 10.3. The maximum atomic E-state index is 13.4. The minimum atomic E-state index is -1.54. The number of aromatic nitrogens is 1. The van der Waals surface area contributed by atoms with E-state index < -0.39 is 34.9 Å². The summed E-state index contributed by atoms with van der Waals surface area (Å²) in [7, 11) is 1.58. The topological polar surface area (TPSA) is 92.1 Å². The van der Waals surface area contributed by atoms with Crippen LogP contribution in [0.15, 0.2) is 36.5 Å². The zero-order valence-electron chi connectivity index (χ0n) is 22.1. The molecule has 0 amide bonds. The van der Waals surface area contributed by atoms with Gasteiger partial charge in [0.25, 0.3) is 0 Å². The van der Waals surface area contributed by atoms with Gasteiger partial charge in [0.1, 0.15) is 18.1 Å². The smallest absolute Gasteiger partial charge is 0.303 e. The van der Waals surface area contributed by atoms with Gasteiger partial charge in [-0.15, -0.1) is 0 Å². The number of nitrogens with zero attached hydrogens (tertiary/aromatic N) is 2. The Bertz CT molecular complexity index is 1300. The molecule has 1 saturated heterocycles. The first kappa shape index (κ1) is 28.6. The maximum absolute atomic E-state index is 13.4. The van der Waals surface area contributed by atoms with E-state index >= 15 is 0 Å². The van der Waals surface area contributed by atoms with Gasteiger partial charge in [0.15, 0.2) is 17.5 Å². The minimum Gasteiger partial charge on any atom is -0.497 e. The molecule has 0 spiro atoms. The fourth-order valence-electron chi connectivity index (χ4n) is 5.44. The molecule has 210 valence electrons. The van der Waals surface area contributed by atoms with Crippen molar-refractivity contribution in [3.05, 3.63) is 65.1 Å². The second-order valence-electron chi connectivity index (χ2n) is 10.3. The van der Waals surface area contributed by atoms with Gasteiger partial charge in [0.2, 0.25) is 0 Å². The Labute approximate surface area is 225 Å². The number of likely N-dealkylation sites (tertiary alicyclic amines) is 1. The largest absolute Gasteiger partial charge is 0.497 e. The molecule has 2 heterocycles. The highest BCUT2D eigenvalue weighted by atomic mass is 19.2. The summed E-state index contributed by atoms with van der Waals surface area (Å²) in [5.41, 5.74) is 1.90. The van der Waals surface area contributed by atoms with Gasteiger partial charge in [-0.3, -0.25) is 14.7 Å². The van der Waals surface area contributed by atoms with E-state index in [0.29, 0.717) is 51.1 Å². The molecule has 10 heteroatoms. The predicted molar refractivity (Wildman–Crippen MR) is 139 cm³/mol. The molecule has 1 aliphatic heterocycles. The van der Waals surface area contributed by atoms with Crippen molar-refractivity contribution in [2.24, 2.45) is 5.41 Å². The summed E-state index contributed by atoms with van der Waals surface area (Å²) in [6.45, 7) is 3.75. The number of carboxylic acid groups (broad SMARTS) is 1. The standard InChI is InChI=1S/C29H33F3N2O5/c1-18-17-33-24-4-3-19(38-2)13-21(24)27(18)25(35)5-6-29(16-26(36)37)7-9-34(10-8-29)11-12-39-20-14-22(30)28(32)23(31)15-20/h3-4,13-15,17,25,35H,5-12,16H2,1-2H3,(H,36,37)/t25-/m1/s1. The highest BCUT2D eigenvalue weighted by Gasteiger charge is 2.37. The fraction of sp³-hybridized carbons (Fsp3) is 0.448. The lowest BCUT2D eigenvalue weighted by Crippen LogP contribution is -2.42. The molecule has 2 aromatic carbocycles. The molecule has 1 fully saturated rings. The van der Waals surface area contributed by atoms with Crippen LogP contribution < -0.4 is 9.47 Å². The lowest BCUT2D eigenvalue weighted by atomic mass is 9.71. The van der Waals surface area contributed by atoms with Gasteiger partial charge < -0.3 is 19.7 Å². The average Bonchev–Trinajstić information content (AvgIpc) is 2.90. The fourth-order valence-corrected chi connectivity index (χ4v) is 5.44. The molecule has 0 aliphatic carbocycles. The number of rotatable bonds is 11. The lowest BCUT2D eigenvalue weighted by Gasteiger charge is -2.41. The number of piperidine rings is 1. The number of benzene rings is 2. The zero-order valence-corrected chi connectivity index (χ0v) is 22.1. The zero-order chi connectivity index (χ0) is 28.2. The van der Waals surface area contributed by atoms with Crippen molar-refractivity contribution in [2.45, 2.75) is 45.1 Å². The van der Waals surface area contributed by atoms with E-state index in [9.17, 15) is 28.2 Å². The molecular weight excluding hydrogens is 513 g/mol. The number of hydrogen-bond donors (Lipinski definition) is 2. The van der Waals surface area contributed by atoms with E-state index in [-0.39, 0.29) is 18.8 Å². The molecule has 0 radical (unpaired) electrons. The normalized spacial score (nSPS) is 16.3. The maximum Gasteiger partial charge on any atom is 0.303 e.